The number of amides is 1. The van der Waals surface area contributed by atoms with Gasteiger partial charge in [0.05, 0.1) is 6.04 Å². The van der Waals surface area contributed by atoms with E-state index in [1.54, 1.807) is 0 Å². The third-order valence-corrected chi connectivity index (χ3v) is 2.57. The van der Waals surface area contributed by atoms with E-state index >= 15 is 0 Å². The highest BCUT2D eigenvalue weighted by Crippen LogP contribution is 2.20. The molecule has 0 aromatic heterocycles. The Hall–Kier alpha value is -1.56. The normalized spacial score (nSPS) is 13.1. The van der Waals surface area contributed by atoms with Gasteiger partial charge in [0.25, 0.3) is 0 Å². The molecule has 0 aliphatic heterocycles. The lowest BCUT2D eigenvalue weighted by Crippen LogP contribution is -2.42. The Labute approximate surface area is 110 Å². The molecule has 0 saturated heterocycles. The Morgan fingerprint density at radius 3 is 2.47 bits per heavy atom. The molecule has 0 radical (unpaired) electrons. The number of hydrogen-bond acceptors (Lipinski definition) is 2. The lowest BCUT2D eigenvalue weighted by molar-refractivity contribution is -0.136. The van der Waals surface area contributed by atoms with Crippen LogP contribution in [0.4, 0.5) is 13.2 Å². The summed E-state index contributed by atoms with van der Waals surface area (Å²) >= 11 is 0. The number of alkyl halides is 3. The molecule has 0 fully saturated rings. The van der Waals surface area contributed by atoms with Crippen LogP contribution < -0.4 is 11.1 Å². The van der Waals surface area contributed by atoms with Crippen LogP contribution in [0.5, 0.6) is 0 Å². The predicted octanol–water partition coefficient (Wildman–Crippen LogP) is 2.02. The lowest BCUT2D eigenvalue weighted by atomic mass is 10.1. The summed E-state index contributed by atoms with van der Waals surface area (Å²) in [6, 6.07) is 8.47. The van der Waals surface area contributed by atoms with Crippen molar-refractivity contribution >= 4 is 5.91 Å². The Balaban J connectivity index is 2.26. The van der Waals surface area contributed by atoms with Gasteiger partial charge in [0.1, 0.15) is 0 Å². The molecule has 0 spiro atoms. The molecule has 106 valence electrons. The summed E-state index contributed by atoms with van der Waals surface area (Å²) in [6.45, 7) is -0.0131. The van der Waals surface area contributed by atoms with Gasteiger partial charge in [-0.05, 0) is 18.4 Å². The summed E-state index contributed by atoms with van der Waals surface area (Å²) in [6.07, 6.45) is -4.85. The summed E-state index contributed by atoms with van der Waals surface area (Å²) in [4.78, 5) is 11.6. The Kier molecular flexibility index (Phi) is 5.82. The first-order valence-corrected chi connectivity index (χ1v) is 6.02. The van der Waals surface area contributed by atoms with Crippen LogP contribution in [0.2, 0.25) is 0 Å². The topological polar surface area (TPSA) is 55.1 Å². The highest BCUT2D eigenvalue weighted by molar-refractivity contribution is 5.81. The zero-order valence-electron chi connectivity index (χ0n) is 10.4. The monoisotopic (exact) mass is 274 g/mol. The molecule has 0 saturated carbocycles. The van der Waals surface area contributed by atoms with E-state index in [1.165, 1.54) is 0 Å². The summed E-state index contributed by atoms with van der Waals surface area (Å²) in [5, 5.41) is 2.41. The van der Waals surface area contributed by atoms with Gasteiger partial charge < -0.3 is 11.1 Å². The van der Waals surface area contributed by atoms with Crippen molar-refractivity contribution in [3.05, 3.63) is 35.9 Å². The highest BCUT2D eigenvalue weighted by Gasteiger charge is 2.26. The Morgan fingerprint density at radius 1 is 1.26 bits per heavy atom. The largest absolute Gasteiger partial charge is 0.389 e. The molecule has 6 heteroatoms. The van der Waals surface area contributed by atoms with Crippen molar-refractivity contribution < 1.29 is 18.0 Å². The van der Waals surface area contributed by atoms with Crippen LogP contribution in [0.25, 0.3) is 0 Å². The first kappa shape index (κ1) is 15.5. The number of hydrogen-bond donors (Lipinski definition) is 2. The molecule has 0 bridgehead atoms. The van der Waals surface area contributed by atoms with Crippen LogP contribution in [-0.4, -0.2) is 24.7 Å². The van der Waals surface area contributed by atoms with Crippen LogP contribution in [0.15, 0.2) is 30.3 Å². The second-order valence-electron chi connectivity index (χ2n) is 4.31. The number of carbonyl (C=O) groups excluding carboxylic acids is 1. The molecule has 3 nitrogen and oxygen atoms in total. The maximum absolute atomic E-state index is 11.9. The van der Waals surface area contributed by atoms with Crippen molar-refractivity contribution in [2.24, 2.45) is 5.73 Å². The van der Waals surface area contributed by atoms with Gasteiger partial charge in [-0.25, -0.2) is 0 Å². The van der Waals surface area contributed by atoms with Crippen molar-refractivity contribution in [3.63, 3.8) is 0 Å². The average molecular weight is 274 g/mol. The van der Waals surface area contributed by atoms with Crippen LogP contribution in [0.1, 0.15) is 18.4 Å². The fourth-order valence-electron chi connectivity index (χ4n) is 1.59. The van der Waals surface area contributed by atoms with Crippen molar-refractivity contribution in [3.8, 4) is 0 Å². The number of carbonyl (C=O) groups is 1. The van der Waals surface area contributed by atoms with Crippen molar-refractivity contribution in [2.45, 2.75) is 31.5 Å². The molecule has 1 unspecified atom stereocenters. The van der Waals surface area contributed by atoms with Gasteiger partial charge in [-0.2, -0.15) is 13.2 Å². The fraction of sp³-hybridized carbons (Fsp3) is 0.462. The van der Waals surface area contributed by atoms with Crippen LogP contribution >= 0.6 is 0 Å². The van der Waals surface area contributed by atoms with E-state index < -0.39 is 24.5 Å². The second kappa shape index (κ2) is 7.13. The molecular weight excluding hydrogens is 257 g/mol. The summed E-state index contributed by atoms with van der Waals surface area (Å²) < 4.78 is 35.7. The molecule has 1 rings (SSSR count). The van der Waals surface area contributed by atoms with Gasteiger partial charge in [-0.1, -0.05) is 30.3 Å². The fourth-order valence-corrected chi connectivity index (χ4v) is 1.59. The third-order valence-electron chi connectivity index (χ3n) is 2.57. The summed E-state index contributed by atoms with van der Waals surface area (Å²) in [7, 11) is 0. The van der Waals surface area contributed by atoms with Crippen LogP contribution in [0.3, 0.4) is 0 Å². The molecule has 19 heavy (non-hydrogen) atoms. The van der Waals surface area contributed by atoms with E-state index in [0.717, 1.165) is 5.56 Å². The molecule has 0 aliphatic rings. The number of nitrogens with one attached hydrogen (secondary N) is 1. The molecule has 0 aliphatic carbocycles. The minimum absolute atomic E-state index is 0.0131. The SMILES string of the molecule is NC(Cc1ccccc1)C(=O)NCCCC(F)(F)F. The molecule has 1 amide bonds. The molecule has 1 atom stereocenters. The zero-order chi connectivity index (χ0) is 14.3. The third kappa shape index (κ3) is 6.81. The maximum Gasteiger partial charge on any atom is 0.389 e. The molecular formula is C13H17F3N2O. The predicted molar refractivity (Wildman–Crippen MR) is 66.4 cm³/mol. The van der Waals surface area contributed by atoms with Crippen LogP contribution in [-0.2, 0) is 11.2 Å². The lowest BCUT2D eigenvalue weighted by Gasteiger charge is -2.12. The summed E-state index contributed by atoms with van der Waals surface area (Å²) in [5.74, 6) is -0.425. The van der Waals surface area contributed by atoms with Crippen molar-refractivity contribution in [1.82, 2.24) is 5.32 Å². The smallest absolute Gasteiger partial charge is 0.355 e. The van der Waals surface area contributed by atoms with Gasteiger partial charge in [-0.15, -0.1) is 0 Å². The van der Waals surface area contributed by atoms with E-state index in [2.05, 4.69) is 5.32 Å². The summed E-state index contributed by atoms with van der Waals surface area (Å²) in [5.41, 5.74) is 6.60. The van der Waals surface area contributed by atoms with Gasteiger partial charge >= 0.3 is 6.18 Å². The molecule has 0 heterocycles. The van der Waals surface area contributed by atoms with E-state index in [0.29, 0.717) is 6.42 Å². The van der Waals surface area contributed by atoms with Gasteiger partial charge in [-0.3, -0.25) is 4.79 Å². The van der Waals surface area contributed by atoms with E-state index in [9.17, 15) is 18.0 Å². The number of nitrogens with two attached hydrogens (primary N) is 1. The molecule has 3 N–H and O–H groups in total. The first-order valence-electron chi connectivity index (χ1n) is 6.02. The van der Waals surface area contributed by atoms with Gasteiger partial charge in [0.15, 0.2) is 0 Å². The quantitative estimate of drug-likeness (QED) is 0.780. The Bertz CT molecular complexity index is 393. The second-order valence-corrected chi connectivity index (χ2v) is 4.31. The molecule has 1 aromatic carbocycles. The number of benzene rings is 1. The minimum Gasteiger partial charge on any atom is -0.355 e. The van der Waals surface area contributed by atoms with Crippen molar-refractivity contribution in [1.29, 1.82) is 0 Å². The van der Waals surface area contributed by atoms with E-state index in [1.807, 2.05) is 30.3 Å². The van der Waals surface area contributed by atoms with Gasteiger partial charge in [0, 0.05) is 13.0 Å². The molecule has 1 aromatic rings. The van der Waals surface area contributed by atoms with E-state index in [-0.39, 0.29) is 13.0 Å². The number of rotatable bonds is 6. The zero-order valence-corrected chi connectivity index (χ0v) is 10.4. The highest BCUT2D eigenvalue weighted by atomic mass is 19.4. The average Bonchev–Trinajstić information content (AvgIpc) is 2.34. The Morgan fingerprint density at radius 2 is 1.89 bits per heavy atom. The van der Waals surface area contributed by atoms with Crippen molar-refractivity contribution in [2.75, 3.05) is 6.54 Å². The van der Waals surface area contributed by atoms with E-state index in [4.69, 9.17) is 5.73 Å². The van der Waals surface area contributed by atoms with Crippen LogP contribution in [0, 0.1) is 0 Å². The first-order chi connectivity index (χ1) is 8.88. The minimum atomic E-state index is -4.18. The maximum atomic E-state index is 11.9. The van der Waals surface area contributed by atoms with Gasteiger partial charge in [0.2, 0.25) is 5.91 Å². The number of halogens is 3. The standard InChI is InChI=1S/C13H17F3N2O/c14-13(15,16)7-4-8-18-12(19)11(17)9-10-5-2-1-3-6-10/h1-3,5-6,11H,4,7-9,17H2,(H,18,19).